The fraction of sp³-hybridized carbons (Fsp3) is 0.538. The summed E-state index contributed by atoms with van der Waals surface area (Å²) < 4.78 is 5.06. The Morgan fingerprint density at radius 3 is 2.50 bits per heavy atom. The molecule has 1 aromatic carbocycles. The van der Waals surface area contributed by atoms with E-state index in [-0.39, 0.29) is 42.5 Å². The number of hydrogen-bond acceptors (Lipinski definition) is 4. The van der Waals surface area contributed by atoms with Crippen molar-refractivity contribution in [2.45, 2.75) is 65.0 Å². The predicted octanol–water partition coefficient (Wildman–Crippen LogP) is 4.79. The van der Waals surface area contributed by atoms with Crippen molar-refractivity contribution in [3.63, 3.8) is 0 Å². The van der Waals surface area contributed by atoms with Gasteiger partial charge in [0.25, 0.3) is 0 Å². The lowest BCUT2D eigenvalue weighted by molar-refractivity contribution is -0.145. The van der Waals surface area contributed by atoms with Crippen molar-refractivity contribution in [2.24, 2.45) is 0 Å². The van der Waals surface area contributed by atoms with E-state index in [1.807, 2.05) is 18.7 Å². The highest BCUT2D eigenvalue weighted by Gasteiger charge is 2.34. The van der Waals surface area contributed by atoms with E-state index < -0.39 is 0 Å². The Bertz CT molecular complexity index is 929. The van der Waals surface area contributed by atoms with Crippen molar-refractivity contribution >= 4 is 23.2 Å². The second kappa shape index (κ2) is 10.2. The molecule has 2 aromatic rings. The number of hydrogen-bond donors (Lipinski definition) is 0. The molecule has 0 saturated heterocycles. The van der Waals surface area contributed by atoms with Crippen LogP contribution in [-0.4, -0.2) is 54.5 Å². The molecule has 2 amide bonds. The van der Waals surface area contributed by atoms with Gasteiger partial charge in [0.05, 0.1) is 6.04 Å². The van der Waals surface area contributed by atoms with Gasteiger partial charge >= 0.3 is 0 Å². The molecule has 174 valence electrons. The van der Waals surface area contributed by atoms with Crippen LogP contribution < -0.4 is 0 Å². The minimum Gasteiger partial charge on any atom is -0.375 e. The van der Waals surface area contributed by atoms with Gasteiger partial charge in [-0.3, -0.25) is 9.59 Å². The molecule has 0 N–H and O–H groups in total. The Morgan fingerprint density at radius 1 is 1.22 bits per heavy atom. The first-order valence-corrected chi connectivity index (χ1v) is 12.3. The molecule has 0 saturated carbocycles. The summed E-state index contributed by atoms with van der Waals surface area (Å²) in [5.41, 5.74) is 3.67. The van der Waals surface area contributed by atoms with Gasteiger partial charge in [0.2, 0.25) is 11.8 Å². The first-order valence-electron chi connectivity index (χ1n) is 11.4. The van der Waals surface area contributed by atoms with Crippen LogP contribution in [0.5, 0.6) is 0 Å². The molecule has 1 aliphatic rings. The van der Waals surface area contributed by atoms with Crippen LogP contribution in [0.1, 0.15) is 68.6 Å². The zero-order chi connectivity index (χ0) is 23.5. The molecule has 3 rings (SSSR count). The molecular formula is C26H36N2O3S. The number of rotatable bonds is 7. The average molecular weight is 457 g/mol. The molecular weight excluding hydrogens is 420 g/mol. The van der Waals surface area contributed by atoms with Crippen molar-refractivity contribution in [3.8, 4) is 0 Å². The van der Waals surface area contributed by atoms with Gasteiger partial charge in [-0.05, 0) is 53.3 Å². The van der Waals surface area contributed by atoms with E-state index in [1.165, 1.54) is 23.1 Å². The lowest BCUT2D eigenvalue weighted by Gasteiger charge is -2.38. The number of ether oxygens (including phenoxy) is 1. The van der Waals surface area contributed by atoms with Crippen LogP contribution in [0.15, 0.2) is 35.7 Å². The SMILES string of the molecule is CCC(C)N(CC(=O)N1CCc2sccc2C1c1ccc(C(C)(C)C)cc1)C(=O)COC. The van der Waals surface area contributed by atoms with Gasteiger partial charge in [-0.2, -0.15) is 0 Å². The van der Waals surface area contributed by atoms with Gasteiger partial charge in [-0.1, -0.05) is 52.0 Å². The van der Waals surface area contributed by atoms with Crippen LogP contribution in [0.2, 0.25) is 0 Å². The van der Waals surface area contributed by atoms with Crippen LogP contribution in [0.3, 0.4) is 0 Å². The third-order valence-corrected chi connectivity index (χ3v) is 7.39. The molecule has 32 heavy (non-hydrogen) atoms. The number of nitrogens with zero attached hydrogens (tertiary/aromatic N) is 2. The molecule has 0 fully saturated rings. The zero-order valence-corrected chi connectivity index (χ0v) is 21.0. The van der Waals surface area contributed by atoms with E-state index in [0.29, 0.717) is 6.54 Å². The fourth-order valence-electron chi connectivity index (χ4n) is 4.26. The Kier molecular flexibility index (Phi) is 7.78. The normalized spacial score (nSPS) is 17.1. The number of thiophene rings is 1. The molecule has 0 bridgehead atoms. The second-order valence-electron chi connectivity index (χ2n) is 9.62. The van der Waals surface area contributed by atoms with Crippen molar-refractivity contribution in [2.75, 3.05) is 26.8 Å². The maximum atomic E-state index is 13.6. The third-order valence-electron chi connectivity index (χ3n) is 6.40. The maximum Gasteiger partial charge on any atom is 0.249 e. The van der Waals surface area contributed by atoms with Gasteiger partial charge in [0.1, 0.15) is 13.2 Å². The van der Waals surface area contributed by atoms with Crippen LogP contribution in [0.4, 0.5) is 0 Å². The van der Waals surface area contributed by atoms with Crippen LogP contribution in [-0.2, 0) is 26.2 Å². The van der Waals surface area contributed by atoms with E-state index >= 15 is 0 Å². The maximum absolute atomic E-state index is 13.6. The molecule has 5 nitrogen and oxygen atoms in total. The highest BCUT2D eigenvalue weighted by Crippen LogP contribution is 2.38. The molecule has 0 spiro atoms. The summed E-state index contributed by atoms with van der Waals surface area (Å²) in [6.07, 6.45) is 1.64. The summed E-state index contributed by atoms with van der Waals surface area (Å²) >= 11 is 1.76. The predicted molar refractivity (Wildman–Crippen MR) is 130 cm³/mol. The number of methoxy groups -OCH3 is 1. The summed E-state index contributed by atoms with van der Waals surface area (Å²) in [5, 5.41) is 2.11. The van der Waals surface area contributed by atoms with Crippen LogP contribution in [0, 0.1) is 0 Å². The Hall–Kier alpha value is -2.18. The zero-order valence-electron chi connectivity index (χ0n) is 20.2. The van der Waals surface area contributed by atoms with E-state index in [0.717, 1.165) is 18.4 Å². The topological polar surface area (TPSA) is 49.9 Å². The fourth-order valence-corrected chi connectivity index (χ4v) is 5.17. The summed E-state index contributed by atoms with van der Waals surface area (Å²) in [4.78, 5) is 31.2. The van der Waals surface area contributed by atoms with Crippen molar-refractivity contribution in [1.29, 1.82) is 0 Å². The summed E-state index contributed by atoms with van der Waals surface area (Å²) in [6, 6.07) is 10.7. The lowest BCUT2D eigenvalue weighted by atomic mass is 9.85. The first kappa shape index (κ1) is 24.5. The Morgan fingerprint density at radius 2 is 1.91 bits per heavy atom. The number of fused-ring (bicyclic) bond motifs is 1. The number of carbonyl (C=O) groups excluding carboxylic acids is 2. The highest BCUT2D eigenvalue weighted by atomic mass is 32.1. The van der Waals surface area contributed by atoms with Crippen molar-refractivity contribution in [3.05, 3.63) is 57.3 Å². The number of benzene rings is 1. The first-order chi connectivity index (χ1) is 15.2. The molecule has 2 unspecified atom stereocenters. The lowest BCUT2D eigenvalue weighted by Crippen LogP contribution is -2.49. The van der Waals surface area contributed by atoms with Gasteiger partial charge in [-0.15, -0.1) is 11.3 Å². The highest BCUT2D eigenvalue weighted by molar-refractivity contribution is 7.10. The largest absolute Gasteiger partial charge is 0.375 e. The Balaban J connectivity index is 1.92. The summed E-state index contributed by atoms with van der Waals surface area (Å²) in [6.45, 7) is 11.3. The molecule has 1 aliphatic heterocycles. The molecule has 6 heteroatoms. The standard InChI is InChI=1S/C26H36N2O3S/c1-7-18(2)28(24(30)17-31-6)16-23(29)27-14-12-22-21(13-15-32-22)25(27)19-8-10-20(11-9-19)26(3,4)5/h8-11,13,15,18,25H,7,12,14,16-17H2,1-6H3. The molecule has 2 atom stereocenters. The minimum atomic E-state index is -0.144. The smallest absolute Gasteiger partial charge is 0.249 e. The third kappa shape index (κ3) is 5.24. The number of amides is 2. The van der Waals surface area contributed by atoms with Gasteiger partial charge in [0.15, 0.2) is 0 Å². The van der Waals surface area contributed by atoms with Crippen molar-refractivity contribution in [1.82, 2.24) is 9.80 Å². The molecule has 2 heterocycles. The average Bonchev–Trinajstić information content (AvgIpc) is 3.24. The van der Waals surface area contributed by atoms with E-state index in [9.17, 15) is 9.59 Å². The van der Waals surface area contributed by atoms with Crippen LogP contribution >= 0.6 is 11.3 Å². The second-order valence-corrected chi connectivity index (χ2v) is 10.6. The van der Waals surface area contributed by atoms with Gasteiger partial charge in [0, 0.05) is 24.6 Å². The minimum absolute atomic E-state index is 0.00993. The summed E-state index contributed by atoms with van der Waals surface area (Å²) in [7, 11) is 1.51. The molecule has 0 radical (unpaired) electrons. The quantitative estimate of drug-likeness (QED) is 0.602. The van der Waals surface area contributed by atoms with Gasteiger partial charge in [-0.25, -0.2) is 0 Å². The molecule has 0 aliphatic carbocycles. The molecule has 1 aromatic heterocycles. The van der Waals surface area contributed by atoms with Crippen LogP contribution in [0.25, 0.3) is 0 Å². The van der Waals surface area contributed by atoms with E-state index in [1.54, 1.807) is 16.2 Å². The summed E-state index contributed by atoms with van der Waals surface area (Å²) in [5.74, 6) is -0.161. The monoisotopic (exact) mass is 456 g/mol. The number of carbonyl (C=O) groups is 2. The van der Waals surface area contributed by atoms with Gasteiger partial charge < -0.3 is 14.5 Å². The van der Waals surface area contributed by atoms with Crippen molar-refractivity contribution < 1.29 is 14.3 Å². The Labute approximate surface area is 196 Å². The van der Waals surface area contributed by atoms with E-state index in [4.69, 9.17) is 4.74 Å². The van der Waals surface area contributed by atoms with E-state index in [2.05, 4.69) is 56.5 Å².